The number of carbonyl (C=O) groups excluding carboxylic acids is 2. The van der Waals surface area contributed by atoms with Gasteiger partial charge >= 0.3 is 5.76 Å². The number of aromatic nitrogens is 4. The van der Waals surface area contributed by atoms with Crippen LogP contribution >= 0.6 is 0 Å². The van der Waals surface area contributed by atoms with Crippen LogP contribution in [-0.4, -0.2) is 40.3 Å². The number of hydrogen-bond acceptors (Lipinski definition) is 9. The molecule has 14 heteroatoms. The molecule has 0 fully saturated rings. The van der Waals surface area contributed by atoms with E-state index in [1.807, 2.05) is 12.1 Å². The Morgan fingerprint density at radius 1 is 1.08 bits per heavy atom. The van der Waals surface area contributed by atoms with Crippen molar-refractivity contribution in [3.8, 4) is 11.4 Å². The lowest BCUT2D eigenvalue weighted by Crippen LogP contribution is -2.29. The van der Waals surface area contributed by atoms with E-state index in [9.17, 15) is 22.8 Å². The van der Waals surface area contributed by atoms with Crippen molar-refractivity contribution in [2.75, 3.05) is 0 Å². The van der Waals surface area contributed by atoms with Crippen LogP contribution in [0.3, 0.4) is 0 Å². The van der Waals surface area contributed by atoms with Crippen LogP contribution in [0.25, 0.3) is 11.4 Å². The summed E-state index contributed by atoms with van der Waals surface area (Å²) < 4.78 is 27.6. The smallest absolute Gasteiger partial charge is 0.347 e. The van der Waals surface area contributed by atoms with E-state index in [1.165, 1.54) is 24.3 Å². The van der Waals surface area contributed by atoms with E-state index in [2.05, 4.69) is 35.3 Å². The number of sulfonamides is 1. The maximum absolute atomic E-state index is 12.9. The monoisotopic (exact) mass is 535 g/mol. The number of amides is 2. The molecule has 0 bridgehead atoms. The molecule has 2 amide bonds. The molecular weight excluding hydrogens is 514 g/mol. The lowest BCUT2D eigenvalue weighted by atomic mass is 10.0. The minimum atomic E-state index is -3.87. The summed E-state index contributed by atoms with van der Waals surface area (Å²) in [4.78, 5) is 47.2. The number of H-pyrrole nitrogens is 1. The van der Waals surface area contributed by atoms with Crippen LogP contribution in [0, 0.1) is 0 Å². The zero-order valence-corrected chi connectivity index (χ0v) is 20.5. The van der Waals surface area contributed by atoms with Gasteiger partial charge in [-0.1, -0.05) is 29.4 Å². The maximum atomic E-state index is 12.9. The van der Waals surface area contributed by atoms with Crippen LogP contribution in [0.4, 0.5) is 0 Å². The molecule has 0 unspecified atom stereocenters. The van der Waals surface area contributed by atoms with Gasteiger partial charge in [0, 0.05) is 18.2 Å². The molecule has 0 radical (unpaired) electrons. The molecule has 2 aromatic carbocycles. The Labute approximate surface area is 215 Å². The minimum Gasteiger partial charge on any atom is -0.347 e. The van der Waals surface area contributed by atoms with Crippen LogP contribution in [0.1, 0.15) is 50.1 Å². The molecule has 5 N–H and O–H groups in total. The third-order valence-corrected chi connectivity index (χ3v) is 6.96. The Kier molecular flexibility index (Phi) is 6.57. The summed E-state index contributed by atoms with van der Waals surface area (Å²) >= 11 is 0. The fourth-order valence-corrected chi connectivity index (χ4v) is 4.80. The molecule has 1 aliphatic carbocycles. The Morgan fingerprint density at radius 2 is 1.87 bits per heavy atom. The van der Waals surface area contributed by atoms with Gasteiger partial charge in [0.15, 0.2) is 5.82 Å². The van der Waals surface area contributed by atoms with Crippen LogP contribution in [0.15, 0.2) is 69.1 Å². The maximum Gasteiger partial charge on any atom is 0.439 e. The summed E-state index contributed by atoms with van der Waals surface area (Å²) in [6.45, 7) is 0.0246. The zero-order chi connectivity index (χ0) is 26.9. The highest BCUT2D eigenvalue weighted by Crippen LogP contribution is 2.33. The molecule has 0 aliphatic heterocycles. The first-order chi connectivity index (χ1) is 18.2. The van der Waals surface area contributed by atoms with Crippen LogP contribution in [0.2, 0.25) is 0 Å². The number of benzene rings is 2. The van der Waals surface area contributed by atoms with Crippen LogP contribution < -0.4 is 21.5 Å². The summed E-state index contributed by atoms with van der Waals surface area (Å²) in [6, 6.07) is 12.4. The highest BCUT2D eigenvalue weighted by molar-refractivity contribution is 7.89. The first kappa shape index (κ1) is 25.0. The second-order valence-electron chi connectivity index (χ2n) is 8.59. The summed E-state index contributed by atoms with van der Waals surface area (Å²) in [5.41, 5.74) is 3.16. The molecule has 38 heavy (non-hydrogen) atoms. The predicted octanol–water partition coefficient (Wildman–Crippen LogP) is 0.815. The fourth-order valence-electron chi connectivity index (χ4n) is 4.21. The van der Waals surface area contributed by atoms with Crippen molar-refractivity contribution < 1.29 is 22.5 Å². The molecule has 0 saturated carbocycles. The van der Waals surface area contributed by atoms with Crippen molar-refractivity contribution in [3.63, 3.8) is 0 Å². The van der Waals surface area contributed by atoms with Crippen molar-refractivity contribution >= 4 is 21.8 Å². The van der Waals surface area contributed by atoms with Gasteiger partial charge in [-0.3, -0.25) is 19.1 Å². The quantitative estimate of drug-likeness (QED) is 0.264. The van der Waals surface area contributed by atoms with Crippen LogP contribution in [0.5, 0.6) is 0 Å². The van der Waals surface area contributed by atoms with Crippen LogP contribution in [-0.2, 0) is 23.0 Å². The number of aryl methyl sites for hydroxylation is 1. The van der Waals surface area contributed by atoms with Crippen molar-refractivity contribution in [3.05, 3.63) is 93.5 Å². The van der Waals surface area contributed by atoms with Gasteiger partial charge in [-0.15, -0.1) is 0 Å². The molecule has 194 valence electrons. The van der Waals surface area contributed by atoms with E-state index in [0.717, 1.165) is 17.5 Å². The second-order valence-corrected chi connectivity index (χ2v) is 10.1. The second kappa shape index (κ2) is 9.99. The third-order valence-electron chi connectivity index (χ3n) is 6.05. The van der Waals surface area contributed by atoms with E-state index in [0.29, 0.717) is 29.8 Å². The highest BCUT2D eigenvalue weighted by atomic mass is 32.2. The summed E-state index contributed by atoms with van der Waals surface area (Å²) in [7, 11) is -3.87. The average Bonchev–Trinajstić information content (AvgIpc) is 3.52. The SMILES string of the molecule is NS(=O)(=O)c1cccc(CNC(=O)c2cc(C(=O)N[C@H]3CCc4cc(-c5noc(=O)[nH]5)ccc43)ncn2)c1. The van der Waals surface area contributed by atoms with Gasteiger partial charge in [0.1, 0.15) is 17.7 Å². The van der Waals surface area contributed by atoms with Gasteiger partial charge < -0.3 is 10.6 Å². The lowest BCUT2D eigenvalue weighted by Gasteiger charge is -2.14. The highest BCUT2D eigenvalue weighted by Gasteiger charge is 2.26. The van der Waals surface area contributed by atoms with E-state index in [1.54, 1.807) is 12.1 Å². The van der Waals surface area contributed by atoms with Crippen molar-refractivity contribution in [2.45, 2.75) is 30.3 Å². The van der Waals surface area contributed by atoms with Gasteiger partial charge in [0.2, 0.25) is 10.0 Å². The summed E-state index contributed by atoms with van der Waals surface area (Å²) in [6.07, 6.45) is 2.50. The summed E-state index contributed by atoms with van der Waals surface area (Å²) in [5, 5.41) is 14.4. The van der Waals surface area contributed by atoms with Crippen molar-refractivity contribution in [2.24, 2.45) is 5.14 Å². The van der Waals surface area contributed by atoms with E-state index in [4.69, 9.17) is 5.14 Å². The Balaban J connectivity index is 1.24. The molecular formula is C24H21N7O6S. The minimum absolute atomic E-state index is 0.0200. The fraction of sp³-hybridized carbons (Fsp3) is 0.167. The first-order valence-electron chi connectivity index (χ1n) is 11.4. The van der Waals surface area contributed by atoms with E-state index in [-0.39, 0.29) is 28.9 Å². The van der Waals surface area contributed by atoms with Gasteiger partial charge in [0.25, 0.3) is 11.8 Å². The standard InChI is InChI=1S/C24H21N7O6S/c25-38(35,36)16-3-1-2-13(8-16)11-26-22(32)19-10-20(28-12-27-19)23(33)29-18-7-5-14-9-15(4-6-17(14)18)21-30-24(34)37-31-21/h1-4,6,8-10,12,18H,5,7,11H2,(H,26,32)(H,29,33)(H2,25,35,36)(H,30,31,34)/t18-/m0/s1. The van der Waals surface area contributed by atoms with Gasteiger partial charge in [-0.25, -0.2) is 28.3 Å². The number of carbonyl (C=O) groups is 2. The molecule has 0 saturated heterocycles. The Morgan fingerprint density at radius 3 is 2.61 bits per heavy atom. The number of primary sulfonamides is 1. The first-order valence-corrected chi connectivity index (χ1v) is 12.9. The van der Waals surface area contributed by atoms with Crippen molar-refractivity contribution in [1.82, 2.24) is 30.7 Å². The topological polar surface area (TPSA) is 203 Å². The summed E-state index contributed by atoms with van der Waals surface area (Å²) in [5.74, 6) is -1.34. The lowest BCUT2D eigenvalue weighted by molar-refractivity contribution is 0.0931. The molecule has 2 heterocycles. The normalized spacial score (nSPS) is 14.6. The number of nitrogens with one attached hydrogen (secondary N) is 3. The van der Waals surface area contributed by atoms with Gasteiger partial charge in [-0.05, 0) is 47.7 Å². The number of rotatable bonds is 7. The average molecular weight is 536 g/mol. The zero-order valence-electron chi connectivity index (χ0n) is 19.7. The number of hydrogen-bond donors (Lipinski definition) is 4. The molecule has 1 aliphatic rings. The van der Waals surface area contributed by atoms with Crippen molar-refractivity contribution in [1.29, 1.82) is 0 Å². The molecule has 13 nitrogen and oxygen atoms in total. The van der Waals surface area contributed by atoms with Gasteiger partial charge in [0.05, 0.1) is 10.9 Å². The number of nitrogens with two attached hydrogens (primary N) is 1. The molecule has 4 aromatic rings. The molecule has 0 spiro atoms. The number of aromatic amines is 1. The molecule has 1 atom stereocenters. The predicted molar refractivity (Wildman–Crippen MR) is 132 cm³/mol. The molecule has 2 aromatic heterocycles. The third kappa shape index (κ3) is 5.35. The van der Waals surface area contributed by atoms with E-state index < -0.39 is 27.6 Å². The number of nitrogens with zero attached hydrogens (tertiary/aromatic N) is 3. The number of fused-ring (bicyclic) bond motifs is 1. The Bertz CT molecular complexity index is 1710. The Hall–Kier alpha value is -4.69. The largest absolute Gasteiger partial charge is 0.439 e. The molecule has 5 rings (SSSR count). The van der Waals surface area contributed by atoms with Gasteiger partial charge in [-0.2, -0.15) is 0 Å². The van der Waals surface area contributed by atoms with E-state index >= 15 is 0 Å².